The zero-order chi connectivity index (χ0) is 16.5. The van der Waals surface area contributed by atoms with Crippen LogP contribution >= 0.6 is 0 Å². The maximum Gasteiger partial charge on any atom is 0.226 e. The number of benzene rings is 1. The SMILES string of the molecule is COc1ccc(C2CC2C(=O)N2CCCC(n3cccn3)C2)cc1. The number of aromatic nitrogens is 2. The molecule has 1 amide bonds. The molecule has 24 heavy (non-hydrogen) atoms. The van der Waals surface area contributed by atoms with Crippen molar-refractivity contribution >= 4 is 5.91 Å². The molecule has 2 fully saturated rings. The van der Waals surface area contributed by atoms with E-state index in [4.69, 9.17) is 4.74 Å². The maximum absolute atomic E-state index is 12.9. The lowest BCUT2D eigenvalue weighted by Crippen LogP contribution is -2.41. The largest absolute Gasteiger partial charge is 0.497 e. The van der Waals surface area contributed by atoms with E-state index in [1.165, 1.54) is 5.56 Å². The molecular formula is C19H23N3O2. The van der Waals surface area contributed by atoms with Gasteiger partial charge in [0.2, 0.25) is 5.91 Å². The number of hydrogen-bond donors (Lipinski definition) is 0. The first kappa shape index (κ1) is 15.2. The topological polar surface area (TPSA) is 47.4 Å². The number of likely N-dealkylation sites (tertiary alicyclic amines) is 1. The van der Waals surface area contributed by atoms with Gasteiger partial charge >= 0.3 is 0 Å². The molecule has 1 aromatic carbocycles. The third kappa shape index (κ3) is 2.90. The van der Waals surface area contributed by atoms with Crippen molar-refractivity contribution in [2.75, 3.05) is 20.2 Å². The highest BCUT2D eigenvalue weighted by molar-refractivity contribution is 5.83. The van der Waals surface area contributed by atoms with Crippen LogP contribution in [-0.4, -0.2) is 40.8 Å². The van der Waals surface area contributed by atoms with Gasteiger partial charge in [0.25, 0.3) is 0 Å². The highest BCUT2D eigenvalue weighted by Gasteiger charge is 2.46. The Labute approximate surface area is 142 Å². The van der Waals surface area contributed by atoms with Gasteiger partial charge in [-0.2, -0.15) is 5.10 Å². The molecule has 1 saturated heterocycles. The first-order valence-electron chi connectivity index (χ1n) is 8.68. The van der Waals surface area contributed by atoms with E-state index >= 15 is 0 Å². The van der Waals surface area contributed by atoms with Gasteiger partial charge < -0.3 is 9.64 Å². The zero-order valence-electron chi connectivity index (χ0n) is 14.0. The number of rotatable bonds is 4. The molecule has 2 heterocycles. The van der Waals surface area contributed by atoms with Crippen LogP contribution in [0.25, 0.3) is 0 Å². The first-order chi connectivity index (χ1) is 11.8. The summed E-state index contributed by atoms with van der Waals surface area (Å²) in [4.78, 5) is 14.9. The molecule has 1 saturated carbocycles. The summed E-state index contributed by atoms with van der Waals surface area (Å²) in [6.07, 6.45) is 6.92. The fourth-order valence-corrected chi connectivity index (χ4v) is 3.79. The van der Waals surface area contributed by atoms with E-state index in [9.17, 15) is 4.79 Å². The van der Waals surface area contributed by atoms with E-state index in [0.29, 0.717) is 17.9 Å². The summed E-state index contributed by atoms with van der Waals surface area (Å²) in [7, 11) is 1.67. The Morgan fingerprint density at radius 3 is 2.83 bits per heavy atom. The third-order valence-electron chi connectivity index (χ3n) is 5.26. The first-order valence-corrected chi connectivity index (χ1v) is 8.68. The van der Waals surface area contributed by atoms with Crippen LogP contribution in [0.2, 0.25) is 0 Å². The quantitative estimate of drug-likeness (QED) is 0.868. The summed E-state index contributed by atoms with van der Waals surface area (Å²) in [5.74, 6) is 1.69. The summed E-state index contributed by atoms with van der Waals surface area (Å²) in [5.41, 5.74) is 1.25. The van der Waals surface area contributed by atoms with Crippen LogP contribution in [0, 0.1) is 5.92 Å². The Morgan fingerprint density at radius 1 is 1.29 bits per heavy atom. The number of hydrogen-bond acceptors (Lipinski definition) is 3. The normalized spacial score (nSPS) is 26.2. The van der Waals surface area contributed by atoms with Crippen LogP contribution in [0.3, 0.4) is 0 Å². The Bertz CT molecular complexity index is 696. The number of piperidine rings is 1. The van der Waals surface area contributed by atoms with E-state index in [2.05, 4.69) is 17.2 Å². The van der Waals surface area contributed by atoms with E-state index < -0.39 is 0 Å². The Hall–Kier alpha value is -2.30. The van der Waals surface area contributed by atoms with E-state index in [0.717, 1.165) is 38.1 Å². The van der Waals surface area contributed by atoms with Gasteiger partial charge in [-0.1, -0.05) is 12.1 Å². The summed E-state index contributed by atoms with van der Waals surface area (Å²) < 4.78 is 7.20. The van der Waals surface area contributed by atoms with E-state index in [1.807, 2.05) is 34.0 Å². The molecule has 3 atom stereocenters. The van der Waals surface area contributed by atoms with Crippen LogP contribution in [0.4, 0.5) is 0 Å². The molecule has 5 heteroatoms. The van der Waals surface area contributed by atoms with Crippen molar-refractivity contribution in [3.63, 3.8) is 0 Å². The zero-order valence-corrected chi connectivity index (χ0v) is 14.0. The molecule has 1 aliphatic heterocycles. The molecule has 4 rings (SSSR count). The molecule has 2 aromatic rings. The summed E-state index contributed by atoms with van der Waals surface area (Å²) in [5, 5.41) is 4.34. The van der Waals surface area contributed by atoms with Gasteiger partial charge in [0.1, 0.15) is 5.75 Å². The molecule has 3 unspecified atom stereocenters. The number of amides is 1. The van der Waals surface area contributed by atoms with Crippen molar-refractivity contribution in [3.05, 3.63) is 48.3 Å². The average molecular weight is 325 g/mol. The van der Waals surface area contributed by atoms with Crippen LogP contribution in [0.15, 0.2) is 42.7 Å². The maximum atomic E-state index is 12.9. The highest BCUT2D eigenvalue weighted by Crippen LogP contribution is 2.49. The van der Waals surface area contributed by atoms with Gasteiger partial charge in [0, 0.05) is 31.4 Å². The fraction of sp³-hybridized carbons (Fsp3) is 0.474. The minimum Gasteiger partial charge on any atom is -0.497 e. The number of nitrogens with zero attached hydrogens (tertiary/aromatic N) is 3. The molecule has 126 valence electrons. The lowest BCUT2D eigenvalue weighted by Gasteiger charge is -2.33. The van der Waals surface area contributed by atoms with Crippen LogP contribution in [0.5, 0.6) is 5.75 Å². The van der Waals surface area contributed by atoms with Crippen LogP contribution < -0.4 is 4.74 Å². The summed E-state index contributed by atoms with van der Waals surface area (Å²) in [6.45, 7) is 1.66. The van der Waals surface area contributed by atoms with Gasteiger partial charge in [0.05, 0.1) is 13.2 Å². The Kier molecular flexibility index (Phi) is 4.00. The standard InChI is InChI=1S/C19H23N3O2/c1-24-16-7-5-14(6-8-16)17-12-18(17)19(23)21-10-2-4-15(13-21)22-11-3-9-20-22/h3,5-9,11,15,17-18H,2,4,10,12-13H2,1H3. The number of carbonyl (C=O) groups excluding carboxylic acids is 1. The fourth-order valence-electron chi connectivity index (χ4n) is 3.79. The summed E-state index contributed by atoms with van der Waals surface area (Å²) >= 11 is 0. The van der Waals surface area contributed by atoms with Crippen molar-refractivity contribution in [2.45, 2.75) is 31.2 Å². The molecule has 5 nitrogen and oxygen atoms in total. The Balaban J connectivity index is 1.39. The minimum atomic E-state index is 0.148. The van der Waals surface area contributed by atoms with Crippen molar-refractivity contribution in [2.24, 2.45) is 5.92 Å². The van der Waals surface area contributed by atoms with Crippen LogP contribution in [-0.2, 0) is 4.79 Å². The van der Waals surface area contributed by atoms with E-state index in [1.54, 1.807) is 13.3 Å². The van der Waals surface area contributed by atoms with Crippen LogP contribution in [0.1, 0.15) is 36.8 Å². The van der Waals surface area contributed by atoms with Crippen molar-refractivity contribution in [1.82, 2.24) is 14.7 Å². The van der Waals surface area contributed by atoms with Gasteiger partial charge in [-0.3, -0.25) is 9.48 Å². The van der Waals surface area contributed by atoms with Gasteiger partial charge in [-0.05, 0) is 48.9 Å². The van der Waals surface area contributed by atoms with Gasteiger partial charge in [0.15, 0.2) is 0 Å². The third-order valence-corrected chi connectivity index (χ3v) is 5.26. The Morgan fingerprint density at radius 2 is 2.12 bits per heavy atom. The monoisotopic (exact) mass is 325 g/mol. The number of carbonyl (C=O) groups is 1. The lowest BCUT2D eigenvalue weighted by molar-refractivity contribution is -0.134. The highest BCUT2D eigenvalue weighted by atomic mass is 16.5. The second-order valence-electron chi connectivity index (χ2n) is 6.79. The molecule has 1 aliphatic carbocycles. The second-order valence-corrected chi connectivity index (χ2v) is 6.79. The summed E-state index contributed by atoms with van der Waals surface area (Å²) in [6, 6.07) is 10.4. The minimum absolute atomic E-state index is 0.148. The molecule has 0 bridgehead atoms. The van der Waals surface area contributed by atoms with Gasteiger partial charge in [-0.15, -0.1) is 0 Å². The number of methoxy groups -OCH3 is 1. The van der Waals surface area contributed by atoms with Gasteiger partial charge in [-0.25, -0.2) is 0 Å². The molecule has 2 aliphatic rings. The molecule has 0 radical (unpaired) electrons. The van der Waals surface area contributed by atoms with Crippen molar-refractivity contribution in [1.29, 1.82) is 0 Å². The van der Waals surface area contributed by atoms with Crippen molar-refractivity contribution < 1.29 is 9.53 Å². The number of ether oxygens (including phenoxy) is 1. The lowest BCUT2D eigenvalue weighted by atomic mass is 10.0. The molecule has 0 spiro atoms. The predicted molar refractivity (Wildman–Crippen MR) is 90.9 cm³/mol. The average Bonchev–Trinajstić information content (AvgIpc) is 3.25. The molecular weight excluding hydrogens is 302 g/mol. The smallest absolute Gasteiger partial charge is 0.226 e. The van der Waals surface area contributed by atoms with Crippen molar-refractivity contribution in [3.8, 4) is 5.75 Å². The predicted octanol–water partition coefficient (Wildman–Crippen LogP) is 2.86. The second kappa shape index (κ2) is 6.30. The molecule has 1 aromatic heterocycles. The molecule has 0 N–H and O–H groups in total. The van der Waals surface area contributed by atoms with E-state index in [-0.39, 0.29) is 5.92 Å².